The number of hydrogen-bond acceptors (Lipinski definition) is 4. The average Bonchev–Trinajstić information content (AvgIpc) is 2.96. The van der Waals surface area contributed by atoms with Gasteiger partial charge in [-0.05, 0) is 92.2 Å². The third-order valence-corrected chi connectivity index (χ3v) is 6.69. The number of rotatable bonds is 2. The molecule has 0 fully saturated rings. The largest absolute Gasteiger partial charge is 0.463 e. The second-order valence-electron chi connectivity index (χ2n) is 8.75. The molecule has 1 atom stereocenters. The number of halogens is 1. The summed E-state index contributed by atoms with van der Waals surface area (Å²) >= 11 is 0. The molecule has 0 saturated carbocycles. The van der Waals surface area contributed by atoms with E-state index in [4.69, 9.17) is 4.74 Å². The third kappa shape index (κ3) is 2.69. The van der Waals surface area contributed by atoms with Gasteiger partial charge in [-0.2, -0.15) is 5.26 Å². The highest BCUT2D eigenvalue weighted by molar-refractivity contribution is 6.09. The zero-order chi connectivity index (χ0) is 22.7. The van der Waals surface area contributed by atoms with Crippen LogP contribution in [0.5, 0.6) is 5.75 Å². The Hall–Kier alpha value is -3.91. The number of fused-ring (bicyclic) bond motifs is 2. The number of nitriles is 1. The van der Waals surface area contributed by atoms with Crippen LogP contribution in [0.15, 0.2) is 66.7 Å². The van der Waals surface area contributed by atoms with E-state index in [-0.39, 0.29) is 11.6 Å². The fourth-order valence-electron chi connectivity index (χ4n) is 4.79. The summed E-state index contributed by atoms with van der Waals surface area (Å²) in [5.41, 5.74) is 3.25. The monoisotopic (exact) mass is 424 g/mol. The molecule has 1 unspecified atom stereocenters. The smallest absolute Gasteiger partial charge is 0.211 e. The zero-order valence-corrected chi connectivity index (χ0v) is 18.0. The van der Waals surface area contributed by atoms with Gasteiger partial charge in [0.25, 0.3) is 0 Å². The van der Waals surface area contributed by atoms with Crippen LogP contribution >= 0.6 is 0 Å². The Kier molecular flexibility index (Phi) is 4.25. The average molecular weight is 424 g/mol. The van der Waals surface area contributed by atoms with Crippen molar-refractivity contribution in [1.29, 1.82) is 5.26 Å². The van der Waals surface area contributed by atoms with Gasteiger partial charge in [0.05, 0.1) is 17.0 Å². The minimum absolute atomic E-state index is 0.170. The molecule has 1 spiro atoms. The molecule has 158 valence electrons. The highest BCUT2D eigenvalue weighted by Crippen LogP contribution is 2.54. The van der Waals surface area contributed by atoms with Gasteiger partial charge >= 0.3 is 0 Å². The van der Waals surface area contributed by atoms with Crippen molar-refractivity contribution in [3.8, 4) is 11.8 Å². The van der Waals surface area contributed by atoms with Crippen molar-refractivity contribution in [2.75, 3.05) is 11.9 Å². The minimum Gasteiger partial charge on any atom is -0.463 e. The quantitative estimate of drug-likeness (QED) is 0.513. The Balaban J connectivity index is 1.52. The lowest BCUT2D eigenvalue weighted by Crippen LogP contribution is -2.58. The van der Waals surface area contributed by atoms with Crippen LogP contribution in [0, 0.1) is 17.1 Å². The number of anilines is 1. The second kappa shape index (κ2) is 6.80. The summed E-state index contributed by atoms with van der Waals surface area (Å²) in [7, 11) is 1.99. The molecule has 0 saturated heterocycles. The maximum absolute atomic E-state index is 13.2. The normalized spacial score (nSPS) is 19.8. The van der Waals surface area contributed by atoms with E-state index in [1.165, 1.54) is 24.3 Å². The summed E-state index contributed by atoms with van der Waals surface area (Å²) in [6.07, 6.45) is 4.00. The summed E-state index contributed by atoms with van der Waals surface area (Å²) < 4.78 is 19.8. The van der Waals surface area contributed by atoms with Crippen molar-refractivity contribution in [3.05, 3.63) is 100 Å². The molecule has 2 aliphatic heterocycles. The van der Waals surface area contributed by atoms with Crippen LogP contribution < -0.4 is 9.64 Å². The van der Waals surface area contributed by atoms with E-state index in [0.29, 0.717) is 22.4 Å². The number of ether oxygens (including phenoxy) is 1. The lowest BCUT2D eigenvalue weighted by molar-refractivity contribution is 0.0581. The molecule has 0 amide bonds. The standard InChI is InChI=1S/C27H21FN2O2/c1-26(2)22-14-17(16-29)4-10-23(22)30(3)27(26)13-12-19-15-20(7-11-24(19)32-27)25(31)18-5-8-21(28)9-6-18/h4-15H,1-3H3. The summed E-state index contributed by atoms with van der Waals surface area (Å²) in [6, 6.07) is 18.8. The number of nitrogens with zero attached hydrogens (tertiary/aromatic N) is 2. The number of carbonyl (C=O) groups is 1. The molecule has 3 aromatic rings. The lowest BCUT2D eigenvalue weighted by Gasteiger charge is -2.45. The SMILES string of the molecule is CN1c2ccc(C#N)cc2C(C)(C)C12C=Cc1cc(C(=O)c3ccc(F)cc3)ccc1O2. The van der Waals surface area contributed by atoms with E-state index < -0.39 is 11.1 Å². The van der Waals surface area contributed by atoms with E-state index in [0.717, 1.165) is 16.8 Å². The Labute approximate surface area is 186 Å². The van der Waals surface area contributed by atoms with Gasteiger partial charge in [-0.3, -0.25) is 4.79 Å². The van der Waals surface area contributed by atoms with Gasteiger partial charge in [-0.25, -0.2) is 4.39 Å². The van der Waals surface area contributed by atoms with E-state index in [1.807, 2.05) is 43.5 Å². The van der Waals surface area contributed by atoms with Crippen molar-refractivity contribution < 1.29 is 13.9 Å². The lowest BCUT2D eigenvalue weighted by atomic mass is 9.76. The third-order valence-electron chi connectivity index (χ3n) is 6.69. The van der Waals surface area contributed by atoms with E-state index in [2.05, 4.69) is 24.8 Å². The van der Waals surface area contributed by atoms with Crippen LogP contribution in [0.25, 0.3) is 6.08 Å². The Bertz CT molecular complexity index is 1330. The fraction of sp³-hybridized carbons (Fsp3) is 0.185. The number of hydrogen-bond donors (Lipinski definition) is 0. The highest BCUT2D eigenvalue weighted by Gasteiger charge is 2.57. The first-order valence-corrected chi connectivity index (χ1v) is 10.4. The molecule has 32 heavy (non-hydrogen) atoms. The highest BCUT2D eigenvalue weighted by atomic mass is 19.1. The van der Waals surface area contributed by atoms with Crippen molar-refractivity contribution in [2.45, 2.75) is 25.0 Å². The number of benzene rings is 3. The van der Waals surface area contributed by atoms with Crippen LogP contribution in [0.2, 0.25) is 0 Å². The first-order chi connectivity index (χ1) is 15.3. The van der Waals surface area contributed by atoms with E-state index in [9.17, 15) is 14.4 Å². The first-order valence-electron chi connectivity index (χ1n) is 10.4. The molecule has 0 aromatic heterocycles. The summed E-state index contributed by atoms with van der Waals surface area (Å²) in [5.74, 6) is 0.132. The second-order valence-corrected chi connectivity index (χ2v) is 8.75. The summed E-state index contributed by atoms with van der Waals surface area (Å²) in [5, 5.41) is 9.35. The van der Waals surface area contributed by atoms with Crippen molar-refractivity contribution in [1.82, 2.24) is 0 Å². The van der Waals surface area contributed by atoms with E-state index in [1.54, 1.807) is 12.1 Å². The van der Waals surface area contributed by atoms with Crippen LogP contribution in [-0.4, -0.2) is 18.6 Å². The zero-order valence-electron chi connectivity index (χ0n) is 18.0. The molecule has 2 aliphatic rings. The molecule has 4 nitrogen and oxygen atoms in total. The summed E-state index contributed by atoms with van der Waals surface area (Å²) in [4.78, 5) is 14.9. The van der Waals surface area contributed by atoms with Gasteiger partial charge in [-0.15, -0.1) is 0 Å². The Morgan fingerprint density at radius 1 is 1.03 bits per heavy atom. The topological polar surface area (TPSA) is 53.3 Å². The number of likely N-dealkylation sites (N-methyl/N-ethyl adjacent to an activating group) is 1. The predicted octanol–water partition coefficient (Wildman–Crippen LogP) is 5.46. The maximum Gasteiger partial charge on any atom is 0.211 e. The van der Waals surface area contributed by atoms with Gasteiger partial charge in [0.1, 0.15) is 11.6 Å². The molecular weight excluding hydrogens is 403 g/mol. The molecule has 2 heterocycles. The van der Waals surface area contributed by atoms with Crippen molar-refractivity contribution >= 4 is 17.5 Å². The Morgan fingerprint density at radius 2 is 1.75 bits per heavy atom. The van der Waals surface area contributed by atoms with Gasteiger partial charge < -0.3 is 9.64 Å². The van der Waals surface area contributed by atoms with Gasteiger partial charge in [0.2, 0.25) is 5.72 Å². The number of carbonyl (C=O) groups excluding carboxylic acids is 1. The minimum atomic E-state index is -0.765. The molecule has 0 radical (unpaired) electrons. The fourth-order valence-corrected chi connectivity index (χ4v) is 4.79. The van der Waals surface area contributed by atoms with Crippen molar-refractivity contribution in [3.63, 3.8) is 0 Å². The molecular formula is C27H21FN2O2. The van der Waals surface area contributed by atoms with Crippen molar-refractivity contribution in [2.24, 2.45) is 0 Å². The molecule has 0 aliphatic carbocycles. The first kappa shape index (κ1) is 20.0. The molecule has 0 bridgehead atoms. The predicted molar refractivity (Wildman–Crippen MR) is 121 cm³/mol. The molecule has 3 aromatic carbocycles. The van der Waals surface area contributed by atoms with Gasteiger partial charge in [-0.1, -0.05) is 0 Å². The van der Waals surface area contributed by atoms with Crippen LogP contribution in [0.1, 0.15) is 46.5 Å². The van der Waals surface area contributed by atoms with Gasteiger partial charge in [0.15, 0.2) is 5.78 Å². The van der Waals surface area contributed by atoms with Gasteiger partial charge in [0, 0.05) is 29.4 Å². The Morgan fingerprint density at radius 3 is 2.47 bits per heavy atom. The van der Waals surface area contributed by atoms with E-state index >= 15 is 0 Å². The molecule has 5 rings (SSSR count). The molecule has 0 N–H and O–H groups in total. The summed E-state index contributed by atoms with van der Waals surface area (Å²) in [6.45, 7) is 4.22. The van der Waals surface area contributed by atoms with Crippen LogP contribution in [0.3, 0.4) is 0 Å². The molecule has 5 heteroatoms. The van der Waals surface area contributed by atoms with Crippen LogP contribution in [-0.2, 0) is 5.41 Å². The number of ketones is 1. The maximum atomic E-state index is 13.2. The van der Waals surface area contributed by atoms with Crippen LogP contribution in [0.4, 0.5) is 10.1 Å².